The highest BCUT2D eigenvalue weighted by atomic mass is 19.1. The number of carbonyl (C=O) groups is 1. The second-order valence-corrected chi connectivity index (χ2v) is 8.61. The van der Waals surface area contributed by atoms with E-state index in [0.29, 0.717) is 12.8 Å². The van der Waals surface area contributed by atoms with Crippen LogP contribution in [0.2, 0.25) is 0 Å². The predicted octanol–water partition coefficient (Wildman–Crippen LogP) is 3.16. The van der Waals surface area contributed by atoms with Crippen LogP contribution in [0.15, 0.2) is 24.3 Å². The average Bonchev–Trinajstić information content (AvgIpc) is 2.73. The van der Waals surface area contributed by atoms with Gasteiger partial charge in [0, 0.05) is 38.0 Å². The van der Waals surface area contributed by atoms with Crippen molar-refractivity contribution in [2.75, 3.05) is 19.6 Å². The lowest BCUT2D eigenvalue weighted by molar-refractivity contribution is -0.179. The Morgan fingerprint density at radius 1 is 1.19 bits per heavy atom. The molecule has 3 rings (SSSR count). The fourth-order valence-electron chi connectivity index (χ4n) is 4.27. The normalized spacial score (nSPS) is 26.4. The molecule has 1 N–H and O–H groups in total. The Kier molecular flexibility index (Phi) is 4.78. The minimum Gasteiger partial charge on any atom is -0.437 e. The van der Waals surface area contributed by atoms with Gasteiger partial charge in [-0.15, -0.1) is 0 Å². The molecular formula is C20H29FN2O3. The van der Waals surface area contributed by atoms with Crippen LogP contribution in [0.25, 0.3) is 0 Å². The molecule has 1 spiro atoms. The summed E-state index contributed by atoms with van der Waals surface area (Å²) < 4.78 is 18.7. The van der Waals surface area contributed by atoms with Crippen molar-refractivity contribution in [1.82, 2.24) is 9.80 Å². The number of aliphatic hydroxyl groups is 1. The molecule has 1 aromatic rings. The summed E-state index contributed by atoms with van der Waals surface area (Å²) in [5.74, 6) is -0.220. The Labute approximate surface area is 154 Å². The summed E-state index contributed by atoms with van der Waals surface area (Å²) in [5.41, 5.74) is -1.59. The maximum absolute atomic E-state index is 13.0. The van der Waals surface area contributed by atoms with Crippen molar-refractivity contribution in [2.24, 2.45) is 0 Å². The van der Waals surface area contributed by atoms with Gasteiger partial charge in [-0.05, 0) is 51.8 Å². The van der Waals surface area contributed by atoms with Crippen LogP contribution in [-0.2, 0) is 11.2 Å². The molecule has 2 saturated heterocycles. The second-order valence-electron chi connectivity index (χ2n) is 8.61. The van der Waals surface area contributed by atoms with Gasteiger partial charge in [0.1, 0.15) is 5.82 Å². The first-order valence-corrected chi connectivity index (χ1v) is 9.28. The Balaban J connectivity index is 1.62. The van der Waals surface area contributed by atoms with E-state index < -0.39 is 23.0 Å². The Morgan fingerprint density at radius 3 is 2.27 bits per heavy atom. The summed E-state index contributed by atoms with van der Waals surface area (Å²) in [5, 5.41) is 11.2. The Morgan fingerprint density at radius 2 is 1.77 bits per heavy atom. The van der Waals surface area contributed by atoms with Crippen molar-refractivity contribution in [3.8, 4) is 0 Å². The van der Waals surface area contributed by atoms with Crippen LogP contribution in [0.5, 0.6) is 0 Å². The zero-order valence-corrected chi connectivity index (χ0v) is 16.1. The molecule has 1 atom stereocenters. The van der Waals surface area contributed by atoms with E-state index in [1.807, 2.05) is 32.9 Å². The third-order valence-electron chi connectivity index (χ3n) is 5.73. The Hall–Kier alpha value is -1.66. The van der Waals surface area contributed by atoms with Gasteiger partial charge >= 0.3 is 6.09 Å². The van der Waals surface area contributed by atoms with Crippen LogP contribution in [-0.4, -0.2) is 57.5 Å². The molecule has 6 heteroatoms. The minimum absolute atomic E-state index is 0.220. The smallest absolute Gasteiger partial charge is 0.413 e. The summed E-state index contributed by atoms with van der Waals surface area (Å²) in [4.78, 5) is 16.2. The van der Waals surface area contributed by atoms with Gasteiger partial charge in [-0.3, -0.25) is 4.90 Å². The first kappa shape index (κ1) is 19.1. The number of likely N-dealkylation sites (tertiary alicyclic amines) is 1. The monoisotopic (exact) mass is 364 g/mol. The lowest BCUT2D eigenvalue weighted by Gasteiger charge is -2.47. The number of amides is 1. The van der Waals surface area contributed by atoms with Gasteiger partial charge in [0.2, 0.25) is 0 Å². The molecule has 2 aliphatic heterocycles. The predicted molar refractivity (Wildman–Crippen MR) is 97.2 cm³/mol. The molecule has 1 aromatic carbocycles. The quantitative estimate of drug-likeness (QED) is 0.895. The number of nitrogens with zero attached hydrogens (tertiary/aromatic N) is 2. The molecule has 0 saturated carbocycles. The standard InChI is InChI=1S/C20H29FN2O3/c1-18(2,3)23-17(24)26-20(19(23,4)25)10-13-22(14-11-20)12-9-15-5-7-16(21)8-6-15/h5-8,25H,9-14H2,1-4H3. The number of halogens is 1. The van der Waals surface area contributed by atoms with Gasteiger partial charge in [0.05, 0.1) is 0 Å². The van der Waals surface area contributed by atoms with E-state index in [4.69, 9.17) is 4.74 Å². The van der Waals surface area contributed by atoms with Gasteiger partial charge in [-0.2, -0.15) is 0 Å². The fraction of sp³-hybridized carbons (Fsp3) is 0.650. The highest BCUT2D eigenvalue weighted by molar-refractivity contribution is 5.73. The zero-order valence-electron chi connectivity index (χ0n) is 16.1. The number of hydrogen-bond donors (Lipinski definition) is 1. The third-order valence-corrected chi connectivity index (χ3v) is 5.73. The third kappa shape index (κ3) is 3.32. The van der Waals surface area contributed by atoms with E-state index in [9.17, 15) is 14.3 Å². The number of piperidine rings is 1. The van der Waals surface area contributed by atoms with Crippen LogP contribution in [0.3, 0.4) is 0 Å². The van der Waals surface area contributed by atoms with Crippen LogP contribution < -0.4 is 0 Å². The number of carbonyl (C=O) groups excluding carboxylic acids is 1. The first-order chi connectivity index (χ1) is 12.1. The SMILES string of the molecule is CC(C)(C)N1C(=O)OC2(CCN(CCc3ccc(F)cc3)CC2)C1(C)O. The topological polar surface area (TPSA) is 53.0 Å². The summed E-state index contributed by atoms with van der Waals surface area (Å²) in [6, 6.07) is 6.59. The van der Waals surface area contributed by atoms with E-state index in [1.54, 1.807) is 6.92 Å². The van der Waals surface area contributed by atoms with Gasteiger partial charge in [0.25, 0.3) is 0 Å². The van der Waals surface area contributed by atoms with E-state index in [-0.39, 0.29) is 5.82 Å². The van der Waals surface area contributed by atoms with Gasteiger partial charge in [-0.1, -0.05) is 12.1 Å². The molecule has 0 radical (unpaired) electrons. The highest BCUT2D eigenvalue weighted by Gasteiger charge is 2.64. The molecule has 0 bridgehead atoms. The van der Waals surface area contributed by atoms with Crippen molar-refractivity contribution in [3.63, 3.8) is 0 Å². The zero-order chi connectivity index (χ0) is 19.2. The lowest BCUT2D eigenvalue weighted by Crippen LogP contribution is -2.64. The molecule has 0 aromatic heterocycles. The van der Waals surface area contributed by atoms with Crippen molar-refractivity contribution in [2.45, 2.75) is 63.8 Å². The van der Waals surface area contributed by atoms with Crippen molar-refractivity contribution in [3.05, 3.63) is 35.6 Å². The van der Waals surface area contributed by atoms with Crippen molar-refractivity contribution < 1.29 is 19.0 Å². The van der Waals surface area contributed by atoms with Crippen LogP contribution in [0.1, 0.15) is 46.1 Å². The lowest BCUT2D eigenvalue weighted by atomic mass is 9.80. The number of rotatable bonds is 3. The molecule has 2 heterocycles. The van der Waals surface area contributed by atoms with Crippen LogP contribution in [0.4, 0.5) is 9.18 Å². The highest BCUT2D eigenvalue weighted by Crippen LogP contribution is 2.47. The van der Waals surface area contributed by atoms with Gasteiger partial charge in [0.15, 0.2) is 11.3 Å². The molecule has 2 fully saturated rings. The Bertz CT molecular complexity index is 659. The van der Waals surface area contributed by atoms with E-state index >= 15 is 0 Å². The maximum atomic E-state index is 13.0. The summed E-state index contributed by atoms with van der Waals surface area (Å²) in [7, 11) is 0. The molecule has 1 unspecified atom stereocenters. The number of hydrogen-bond acceptors (Lipinski definition) is 4. The summed E-state index contributed by atoms with van der Waals surface area (Å²) in [6.45, 7) is 9.77. The summed E-state index contributed by atoms with van der Waals surface area (Å²) >= 11 is 0. The molecule has 5 nitrogen and oxygen atoms in total. The van der Waals surface area contributed by atoms with E-state index in [2.05, 4.69) is 4.90 Å². The largest absolute Gasteiger partial charge is 0.437 e. The molecule has 0 aliphatic carbocycles. The van der Waals surface area contributed by atoms with Gasteiger partial charge in [-0.25, -0.2) is 9.18 Å². The molecule has 26 heavy (non-hydrogen) atoms. The van der Waals surface area contributed by atoms with E-state index in [1.165, 1.54) is 17.0 Å². The molecule has 1 amide bonds. The second kappa shape index (κ2) is 6.50. The molecular weight excluding hydrogens is 335 g/mol. The molecule has 144 valence electrons. The van der Waals surface area contributed by atoms with E-state index in [0.717, 1.165) is 31.6 Å². The van der Waals surface area contributed by atoms with Gasteiger partial charge < -0.3 is 14.7 Å². The van der Waals surface area contributed by atoms with Crippen molar-refractivity contribution >= 4 is 6.09 Å². The molecule has 2 aliphatic rings. The number of ether oxygens (including phenoxy) is 1. The minimum atomic E-state index is -1.33. The average molecular weight is 364 g/mol. The summed E-state index contributed by atoms with van der Waals surface area (Å²) in [6.07, 6.45) is 1.60. The van der Waals surface area contributed by atoms with Crippen molar-refractivity contribution in [1.29, 1.82) is 0 Å². The van der Waals surface area contributed by atoms with Crippen LogP contribution >= 0.6 is 0 Å². The van der Waals surface area contributed by atoms with Crippen LogP contribution in [0, 0.1) is 5.82 Å². The maximum Gasteiger partial charge on any atom is 0.413 e. The fourth-order valence-corrected chi connectivity index (χ4v) is 4.27. The first-order valence-electron chi connectivity index (χ1n) is 9.28. The number of benzene rings is 1.